The molecule has 0 saturated carbocycles. The molecule has 2 fully saturated rings. The quantitative estimate of drug-likeness (QED) is 0.650. The SMILES string of the molecule is CCN1CCCCC1CNC(=NC)N1CCN(C(=O)c2ccco2)CC1. The second-order valence-electron chi connectivity index (χ2n) is 6.96. The van der Waals surface area contributed by atoms with Gasteiger partial charge in [-0.25, -0.2) is 0 Å². The number of furan rings is 1. The maximum absolute atomic E-state index is 12.4. The van der Waals surface area contributed by atoms with Gasteiger partial charge < -0.3 is 19.5 Å². The molecule has 2 aliphatic rings. The molecule has 1 N–H and O–H groups in total. The highest BCUT2D eigenvalue weighted by Crippen LogP contribution is 2.16. The van der Waals surface area contributed by atoms with Crippen molar-refractivity contribution < 1.29 is 9.21 Å². The van der Waals surface area contributed by atoms with E-state index in [1.807, 2.05) is 11.9 Å². The van der Waals surface area contributed by atoms with Crippen LogP contribution in [0, 0.1) is 0 Å². The molecule has 1 atom stereocenters. The average molecular weight is 361 g/mol. The van der Waals surface area contributed by atoms with E-state index in [2.05, 4.69) is 27.0 Å². The summed E-state index contributed by atoms with van der Waals surface area (Å²) < 4.78 is 5.22. The lowest BCUT2D eigenvalue weighted by atomic mass is 10.0. The van der Waals surface area contributed by atoms with Gasteiger partial charge in [-0.1, -0.05) is 13.3 Å². The van der Waals surface area contributed by atoms with Gasteiger partial charge in [0.15, 0.2) is 11.7 Å². The van der Waals surface area contributed by atoms with Gasteiger partial charge in [-0.15, -0.1) is 0 Å². The Labute approximate surface area is 156 Å². The Morgan fingerprint density at radius 1 is 1.23 bits per heavy atom. The molecule has 1 aromatic rings. The third kappa shape index (κ3) is 4.38. The predicted molar refractivity (Wildman–Crippen MR) is 102 cm³/mol. The highest BCUT2D eigenvalue weighted by Gasteiger charge is 2.26. The van der Waals surface area contributed by atoms with E-state index in [0.717, 1.165) is 32.1 Å². The summed E-state index contributed by atoms with van der Waals surface area (Å²) in [5, 5.41) is 3.56. The standard InChI is InChI=1S/C19H31N5O2/c1-3-22-9-5-4-7-16(22)15-21-19(20-2)24-12-10-23(11-13-24)18(25)17-8-6-14-26-17/h6,8,14,16H,3-5,7,9-13,15H2,1-2H3,(H,20,21). The molecule has 1 unspecified atom stereocenters. The summed E-state index contributed by atoms with van der Waals surface area (Å²) in [6.07, 6.45) is 5.42. The van der Waals surface area contributed by atoms with Crippen molar-refractivity contribution in [3.8, 4) is 0 Å². The lowest BCUT2D eigenvalue weighted by Gasteiger charge is -2.38. The molecule has 0 aromatic carbocycles. The summed E-state index contributed by atoms with van der Waals surface area (Å²) in [5.74, 6) is 1.33. The first-order valence-corrected chi connectivity index (χ1v) is 9.75. The number of aliphatic imine (C=N–C) groups is 1. The van der Waals surface area contributed by atoms with Crippen LogP contribution in [0.3, 0.4) is 0 Å². The second kappa shape index (κ2) is 9.07. The number of hydrogen-bond acceptors (Lipinski definition) is 4. The van der Waals surface area contributed by atoms with Gasteiger partial charge in [0.1, 0.15) is 0 Å². The van der Waals surface area contributed by atoms with Gasteiger partial charge >= 0.3 is 0 Å². The van der Waals surface area contributed by atoms with E-state index in [1.54, 1.807) is 18.4 Å². The number of likely N-dealkylation sites (tertiary alicyclic amines) is 1. The molecular formula is C19H31N5O2. The van der Waals surface area contributed by atoms with E-state index in [0.29, 0.717) is 24.9 Å². The number of carbonyl (C=O) groups excluding carboxylic acids is 1. The van der Waals surface area contributed by atoms with Gasteiger partial charge in [0, 0.05) is 45.8 Å². The van der Waals surface area contributed by atoms with Gasteiger partial charge in [0.2, 0.25) is 0 Å². The van der Waals surface area contributed by atoms with E-state index in [1.165, 1.54) is 25.8 Å². The lowest BCUT2D eigenvalue weighted by molar-refractivity contribution is 0.0657. The van der Waals surface area contributed by atoms with Crippen LogP contribution < -0.4 is 5.32 Å². The van der Waals surface area contributed by atoms with Crippen LogP contribution in [0.2, 0.25) is 0 Å². The summed E-state index contributed by atoms with van der Waals surface area (Å²) in [7, 11) is 1.83. The zero-order valence-corrected chi connectivity index (χ0v) is 16.0. The number of nitrogens with one attached hydrogen (secondary N) is 1. The van der Waals surface area contributed by atoms with Gasteiger partial charge in [-0.2, -0.15) is 0 Å². The number of guanidine groups is 1. The fourth-order valence-corrected chi connectivity index (χ4v) is 3.93. The molecular weight excluding hydrogens is 330 g/mol. The first-order chi connectivity index (χ1) is 12.7. The highest BCUT2D eigenvalue weighted by atomic mass is 16.3. The molecule has 1 amide bonds. The minimum atomic E-state index is -0.0293. The van der Waals surface area contributed by atoms with Crippen molar-refractivity contribution in [2.24, 2.45) is 4.99 Å². The van der Waals surface area contributed by atoms with Crippen LogP contribution >= 0.6 is 0 Å². The Kier molecular flexibility index (Phi) is 6.55. The molecule has 0 spiro atoms. The fraction of sp³-hybridized carbons (Fsp3) is 0.684. The largest absolute Gasteiger partial charge is 0.459 e. The molecule has 0 aliphatic carbocycles. The Morgan fingerprint density at radius 2 is 2.00 bits per heavy atom. The minimum absolute atomic E-state index is 0.0293. The van der Waals surface area contributed by atoms with Crippen LogP contribution in [0.15, 0.2) is 27.8 Å². The molecule has 1 aromatic heterocycles. The third-order valence-electron chi connectivity index (χ3n) is 5.46. The van der Waals surface area contributed by atoms with E-state index in [9.17, 15) is 4.79 Å². The number of nitrogens with zero attached hydrogens (tertiary/aromatic N) is 4. The Hall–Kier alpha value is -2.02. The van der Waals surface area contributed by atoms with Gasteiger partial charge in [-0.05, 0) is 38.1 Å². The Morgan fingerprint density at radius 3 is 2.65 bits per heavy atom. The molecule has 2 aliphatic heterocycles. The van der Waals surface area contributed by atoms with Gasteiger partial charge in [0.25, 0.3) is 5.91 Å². The van der Waals surface area contributed by atoms with Crippen LogP contribution in [0.25, 0.3) is 0 Å². The number of rotatable bonds is 4. The summed E-state index contributed by atoms with van der Waals surface area (Å²) >= 11 is 0. The molecule has 3 heterocycles. The molecule has 144 valence electrons. The zero-order chi connectivity index (χ0) is 18.4. The summed E-state index contributed by atoms with van der Waals surface area (Å²) in [4.78, 5) is 23.5. The van der Waals surface area contributed by atoms with Crippen molar-refractivity contribution in [1.29, 1.82) is 0 Å². The lowest BCUT2D eigenvalue weighted by Crippen LogP contribution is -2.55. The number of likely N-dealkylation sites (N-methyl/N-ethyl adjacent to an activating group) is 1. The molecule has 2 saturated heterocycles. The van der Waals surface area contributed by atoms with E-state index >= 15 is 0 Å². The predicted octanol–water partition coefficient (Wildman–Crippen LogP) is 1.49. The smallest absolute Gasteiger partial charge is 0.289 e. The van der Waals surface area contributed by atoms with E-state index < -0.39 is 0 Å². The average Bonchev–Trinajstić information content (AvgIpc) is 3.23. The normalized spacial score (nSPS) is 22.5. The maximum Gasteiger partial charge on any atom is 0.289 e. The van der Waals surface area contributed by atoms with E-state index in [4.69, 9.17) is 4.42 Å². The summed E-state index contributed by atoms with van der Waals surface area (Å²) in [6, 6.07) is 4.06. The maximum atomic E-state index is 12.4. The van der Waals surface area contributed by atoms with Crippen LogP contribution in [0.4, 0.5) is 0 Å². The summed E-state index contributed by atoms with van der Waals surface area (Å²) in [6.45, 7) is 8.43. The van der Waals surface area contributed by atoms with Crippen molar-refractivity contribution in [1.82, 2.24) is 20.0 Å². The second-order valence-corrected chi connectivity index (χ2v) is 6.96. The fourth-order valence-electron chi connectivity index (χ4n) is 3.93. The molecule has 7 nitrogen and oxygen atoms in total. The van der Waals surface area contributed by atoms with Crippen molar-refractivity contribution in [2.45, 2.75) is 32.2 Å². The summed E-state index contributed by atoms with van der Waals surface area (Å²) in [5.41, 5.74) is 0. The Balaban J connectivity index is 1.48. The topological polar surface area (TPSA) is 64.3 Å². The molecule has 0 radical (unpaired) electrons. The van der Waals surface area contributed by atoms with Crippen molar-refractivity contribution >= 4 is 11.9 Å². The number of piperazine rings is 1. The Bertz CT molecular complexity index is 593. The zero-order valence-electron chi connectivity index (χ0n) is 16.0. The molecule has 7 heteroatoms. The first kappa shape index (κ1) is 18.8. The van der Waals surface area contributed by atoms with Crippen molar-refractivity contribution in [3.05, 3.63) is 24.2 Å². The van der Waals surface area contributed by atoms with Crippen molar-refractivity contribution in [2.75, 3.05) is 52.9 Å². The van der Waals surface area contributed by atoms with Crippen LogP contribution in [-0.2, 0) is 0 Å². The monoisotopic (exact) mass is 361 g/mol. The number of piperidine rings is 1. The third-order valence-corrected chi connectivity index (χ3v) is 5.46. The number of hydrogen-bond donors (Lipinski definition) is 1. The number of amides is 1. The van der Waals surface area contributed by atoms with Gasteiger partial charge in [-0.3, -0.25) is 14.7 Å². The van der Waals surface area contributed by atoms with E-state index in [-0.39, 0.29) is 5.91 Å². The van der Waals surface area contributed by atoms with Crippen molar-refractivity contribution in [3.63, 3.8) is 0 Å². The minimum Gasteiger partial charge on any atom is -0.459 e. The van der Waals surface area contributed by atoms with Gasteiger partial charge in [0.05, 0.1) is 6.26 Å². The molecule has 3 rings (SSSR count). The number of carbonyl (C=O) groups is 1. The first-order valence-electron chi connectivity index (χ1n) is 9.75. The van der Waals surface area contributed by atoms with Crippen LogP contribution in [0.1, 0.15) is 36.7 Å². The molecule has 0 bridgehead atoms. The highest BCUT2D eigenvalue weighted by molar-refractivity contribution is 5.91. The van der Waals surface area contributed by atoms with Crippen LogP contribution in [0.5, 0.6) is 0 Å². The van der Waals surface area contributed by atoms with Crippen LogP contribution in [-0.4, -0.2) is 85.5 Å². The molecule has 26 heavy (non-hydrogen) atoms.